The summed E-state index contributed by atoms with van der Waals surface area (Å²) in [5.41, 5.74) is 0.952. The van der Waals surface area contributed by atoms with E-state index in [1.807, 2.05) is 9.80 Å². The Kier molecular flexibility index (Phi) is 8.67. The molecule has 1 saturated heterocycles. The number of carbonyl (C=O) groups is 2. The Bertz CT molecular complexity index is 680. The lowest BCUT2D eigenvalue weighted by molar-refractivity contribution is -0.137. The average Bonchev–Trinajstić information content (AvgIpc) is 3.31. The van der Waals surface area contributed by atoms with Crippen molar-refractivity contribution in [3.05, 3.63) is 35.6 Å². The standard InChI is InChI=1S/C24H36FN3O2/c1-2-3-8-23(29)28(19-20-9-11-22(25)12-10-20)18-15-26-13-16-27(17-14-26)24(30)21-6-4-5-7-21/h9-12,21H,2-8,13-19H2,1H3. The van der Waals surface area contributed by atoms with E-state index < -0.39 is 0 Å². The summed E-state index contributed by atoms with van der Waals surface area (Å²) < 4.78 is 13.2. The number of benzene rings is 1. The first-order valence-corrected chi connectivity index (χ1v) is 11.6. The van der Waals surface area contributed by atoms with Crippen LogP contribution >= 0.6 is 0 Å². The van der Waals surface area contributed by atoms with Crippen LogP contribution in [0.25, 0.3) is 0 Å². The van der Waals surface area contributed by atoms with Gasteiger partial charge in [-0.15, -0.1) is 0 Å². The zero-order chi connectivity index (χ0) is 21.3. The van der Waals surface area contributed by atoms with Gasteiger partial charge in [0.15, 0.2) is 0 Å². The molecule has 3 rings (SSSR count). The van der Waals surface area contributed by atoms with Crippen molar-refractivity contribution in [1.29, 1.82) is 0 Å². The van der Waals surface area contributed by atoms with E-state index >= 15 is 0 Å². The molecule has 1 aliphatic heterocycles. The number of carbonyl (C=O) groups excluding carboxylic acids is 2. The molecule has 5 nitrogen and oxygen atoms in total. The average molecular weight is 418 g/mol. The third-order valence-corrected chi connectivity index (χ3v) is 6.46. The first-order valence-electron chi connectivity index (χ1n) is 11.6. The molecule has 2 amide bonds. The second kappa shape index (κ2) is 11.4. The van der Waals surface area contributed by atoms with Gasteiger partial charge in [0.2, 0.25) is 11.8 Å². The predicted octanol–water partition coefficient (Wildman–Crippen LogP) is 3.68. The highest BCUT2D eigenvalue weighted by atomic mass is 19.1. The zero-order valence-electron chi connectivity index (χ0n) is 18.3. The SMILES string of the molecule is CCCCC(=O)N(CCN1CCN(C(=O)C2CCCC2)CC1)Cc1ccc(F)cc1. The maximum Gasteiger partial charge on any atom is 0.225 e. The Labute approximate surface area is 180 Å². The van der Waals surface area contributed by atoms with Crippen molar-refractivity contribution in [1.82, 2.24) is 14.7 Å². The van der Waals surface area contributed by atoms with Crippen LogP contribution in [0.5, 0.6) is 0 Å². The van der Waals surface area contributed by atoms with Gasteiger partial charge < -0.3 is 9.80 Å². The fourth-order valence-electron chi connectivity index (χ4n) is 4.47. The maximum atomic E-state index is 13.2. The van der Waals surface area contributed by atoms with Crippen LogP contribution in [0, 0.1) is 11.7 Å². The molecule has 2 fully saturated rings. The molecule has 1 aromatic rings. The molecule has 0 bridgehead atoms. The number of unbranched alkanes of at least 4 members (excludes halogenated alkanes) is 1. The van der Waals surface area contributed by atoms with E-state index in [1.54, 1.807) is 12.1 Å². The van der Waals surface area contributed by atoms with E-state index in [0.717, 1.165) is 64.0 Å². The molecule has 0 N–H and O–H groups in total. The molecule has 0 unspecified atom stereocenters. The van der Waals surface area contributed by atoms with Gasteiger partial charge >= 0.3 is 0 Å². The normalized spacial score (nSPS) is 18.0. The highest BCUT2D eigenvalue weighted by Gasteiger charge is 2.29. The van der Waals surface area contributed by atoms with E-state index in [4.69, 9.17) is 0 Å². The summed E-state index contributed by atoms with van der Waals surface area (Å²) in [6.45, 7) is 7.39. The van der Waals surface area contributed by atoms with Crippen LogP contribution in [0.4, 0.5) is 4.39 Å². The second-order valence-corrected chi connectivity index (χ2v) is 8.69. The molecule has 0 atom stereocenters. The quantitative estimate of drug-likeness (QED) is 0.616. The van der Waals surface area contributed by atoms with E-state index in [1.165, 1.54) is 25.0 Å². The van der Waals surface area contributed by atoms with E-state index in [-0.39, 0.29) is 17.6 Å². The molecule has 0 radical (unpaired) electrons. The maximum absolute atomic E-state index is 13.2. The molecule has 1 heterocycles. The minimum Gasteiger partial charge on any atom is -0.340 e. The lowest BCUT2D eigenvalue weighted by Crippen LogP contribution is -2.51. The third kappa shape index (κ3) is 6.53. The van der Waals surface area contributed by atoms with Crippen molar-refractivity contribution in [3.63, 3.8) is 0 Å². The largest absolute Gasteiger partial charge is 0.340 e. The monoisotopic (exact) mass is 417 g/mol. The minimum absolute atomic E-state index is 0.163. The van der Waals surface area contributed by atoms with Crippen LogP contribution in [0.2, 0.25) is 0 Å². The second-order valence-electron chi connectivity index (χ2n) is 8.69. The van der Waals surface area contributed by atoms with Gasteiger partial charge in [0, 0.05) is 58.2 Å². The first-order chi connectivity index (χ1) is 14.6. The van der Waals surface area contributed by atoms with Crippen LogP contribution in [-0.2, 0) is 16.1 Å². The summed E-state index contributed by atoms with van der Waals surface area (Å²) in [5.74, 6) is 0.502. The lowest BCUT2D eigenvalue weighted by Gasteiger charge is -2.37. The number of hydrogen-bond donors (Lipinski definition) is 0. The molecule has 30 heavy (non-hydrogen) atoms. The molecule has 2 aliphatic rings. The number of amides is 2. The Balaban J connectivity index is 1.49. The van der Waals surface area contributed by atoms with Gasteiger partial charge in [0.25, 0.3) is 0 Å². The summed E-state index contributed by atoms with van der Waals surface area (Å²) in [6.07, 6.45) is 6.92. The molecule has 1 aliphatic carbocycles. The molecule has 1 saturated carbocycles. The predicted molar refractivity (Wildman–Crippen MR) is 116 cm³/mol. The van der Waals surface area contributed by atoms with Crippen molar-refractivity contribution >= 4 is 11.8 Å². The van der Waals surface area contributed by atoms with Crippen LogP contribution in [0.15, 0.2) is 24.3 Å². The Morgan fingerprint density at radius 3 is 2.37 bits per heavy atom. The van der Waals surface area contributed by atoms with Gasteiger partial charge in [-0.1, -0.05) is 38.3 Å². The van der Waals surface area contributed by atoms with Crippen molar-refractivity contribution in [2.75, 3.05) is 39.3 Å². The molecule has 0 spiro atoms. The number of halogens is 1. The Morgan fingerprint density at radius 1 is 1.07 bits per heavy atom. The van der Waals surface area contributed by atoms with Crippen molar-refractivity contribution in [2.24, 2.45) is 5.92 Å². The number of hydrogen-bond acceptors (Lipinski definition) is 3. The topological polar surface area (TPSA) is 43.9 Å². The van der Waals surface area contributed by atoms with E-state index in [9.17, 15) is 14.0 Å². The molecule has 0 aromatic heterocycles. The first kappa shape index (κ1) is 22.7. The van der Waals surface area contributed by atoms with Gasteiger partial charge in [-0.25, -0.2) is 4.39 Å². The van der Waals surface area contributed by atoms with Crippen molar-refractivity contribution < 1.29 is 14.0 Å². The molecule has 1 aromatic carbocycles. The summed E-state index contributed by atoms with van der Waals surface area (Å²) in [5, 5.41) is 0. The summed E-state index contributed by atoms with van der Waals surface area (Å²) >= 11 is 0. The highest BCUT2D eigenvalue weighted by molar-refractivity contribution is 5.79. The van der Waals surface area contributed by atoms with E-state index in [0.29, 0.717) is 25.4 Å². The molecular weight excluding hydrogens is 381 g/mol. The van der Waals surface area contributed by atoms with Gasteiger partial charge in [-0.3, -0.25) is 14.5 Å². The zero-order valence-corrected chi connectivity index (χ0v) is 18.3. The summed E-state index contributed by atoms with van der Waals surface area (Å²) in [7, 11) is 0. The Morgan fingerprint density at radius 2 is 1.73 bits per heavy atom. The van der Waals surface area contributed by atoms with Gasteiger partial charge in [0.05, 0.1) is 0 Å². The highest BCUT2D eigenvalue weighted by Crippen LogP contribution is 2.26. The van der Waals surface area contributed by atoms with Gasteiger partial charge in [0.1, 0.15) is 5.82 Å². The van der Waals surface area contributed by atoms with Gasteiger partial charge in [-0.05, 0) is 37.0 Å². The van der Waals surface area contributed by atoms with Crippen LogP contribution in [-0.4, -0.2) is 65.8 Å². The van der Waals surface area contributed by atoms with Crippen LogP contribution < -0.4 is 0 Å². The minimum atomic E-state index is -0.257. The Hall–Kier alpha value is -1.95. The molecular formula is C24H36FN3O2. The van der Waals surface area contributed by atoms with Crippen LogP contribution in [0.3, 0.4) is 0 Å². The molecule has 6 heteroatoms. The van der Waals surface area contributed by atoms with E-state index in [2.05, 4.69) is 11.8 Å². The van der Waals surface area contributed by atoms with Gasteiger partial charge in [-0.2, -0.15) is 0 Å². The van der Waals surface area contributed by atoms with Crippen molar-refractivity contribution in [2.45, 2.75) is 58.4 Å². The fraction of sp³-hybridized carbons (Fsp3) is 0.667. The summed E-state index contributed by atoms with van der Waals surface area (Å²) in [6, 6.07) is 6.40. The number of nitrogens with zero attached hydrogens (tertiary/aromatic N) is 3. The fourth-order valence-corrected chi connectivity index (χ4v) is 4.47. The summed E-state index contributed by atoms with van der Waals surface area (Å²) in [4.78, 5) is 31.6. The third-order valence-electron chi connectivity index (χ3n) is 6.46. The molecule has 166 valence electrons. The number of rotatable bonds is 9. The smallest absolute Gasteiger partial charge is 0.225 e. The van der Waals surface area contributed by atoms with Crippen molar-refractivity contribution in [3.8, 4) is 0 Å². The van der Waals surface area contributed by atoms with Crippen LogP contribution in [0.1, 0.15) is 57.4 Å². The number of piperazine rings is 1. The lowest BCUT2D eigenvalue weighted by atomic mass is 10.1.